The van der Waals surface area contributed by atoms with Crippen molar-refractivity contribution in [3.63, 3.8) is 0 Å². The van der Waals surface area contributed by atoms with E-state index in [0.717, 1.165) is 22.3 Å². The van der Waals surface area contributed by atoms with Crippen molar-refractivity contribution in [1.82, 2.24) is 15.3 Å². The summed E-state index contributed by atoms with van der Waals surface area (Å²) in [6.45, 7) is 5.49. The molecule has 1 atom stereocenters. The third kappa shape index (κ3) is 4.02. The molecule has 0 aliphatic carbocycles. The van der Waals surface area contributed by atoms with Gasteiger partial charge in [0.1, 0.15) is 12.4 Å². The van der Waals surface area contributed by atoms with Crippen molar-refractivity contribution >= 4 is 15.9 Å². The van der Waals surface area contributed by atoms with E-state index in [0.29, 0.717) is 12.4 Å². The Bertz CT molecular complexity index is 548. The van der Waals surface area contributed by atoms with Gasteiger partial charge in [-0.3, -0.25) is 0 Å². The third-order valence-corrected chi connectivity index (χ3v) is 3.42. The summed E-state index contributed by atoms with van der Waals surface area (Å²) in [5, 5.41) is 3.40. The molecule has 1 heterocycles. The summed E-state index contributed by atoms with van der Waals surface area (Å²) in [6.07, 6.45) is 3.44. The number of nitrogens with one attached hydrogen (secondary N) is 1. The lowest BCUT2D eigenvalue weighted by atomic mass is 10.1. The molecule has 0 saturated carbocycles. The Hall–Kier alpha value is -1.46. The number of hydrogen-bond donors (Lipinski definition) is 1. The molecule has 20 heavy (non-hydrogen) atoms. The summed E-state index contributed by atoms with van der Waals surface area (Å²) in [7, 11) is 0. The van der Waals surface area contributed by atoms with Gasteiger partial charge in [-0.1, -0.05) is 22.9 Å². The molecule has 0 aliphatic heterocycles. The lowest BCUT2D eigenvalue weighted by Gasteiger charge is -2.18. The van der Waals surface area contributed by atoms with Crippen LogP contribution in [0.2, 0.25) is 0 Å². The van der Waals surface area contributed by atoms with Gasteiger partial charge in [-0.05, 0) is 37.7 Å². The second kappa shape index (κ2) is 7.36. The normalized spacial score (nSPS) is 12.2. The Kier molecular flexibility index (Phi) is 5.49. The van der Waals surface area contributed by atoms with Crippen LogP contribution >= 0.6 is 15.9 Å². The number of aromatic nitrogens is 2. The van der Waals surface area contributed by atoms with E-state index in [2.05, 4.69) is 51.1 Å². The second-order valence-electron chi connectivity index (χ2n) is 4.42. The molecule has 1 aromatic carbocycles. The standard InChI is InChI=1S/C15H18BrN3O/c1-3-17-11(2)13-9-12(16)5-6-14(13)20-10-15-18-7-4-8-19-15/h4-9,11,17H,3,10H2,1-2H3. The highest BCUT2D eigenvalue weighted by Gasteiger charge is 2.12. The lowest BCUT2D eigenvalue weighted by molar-refractivity contribution is 0.290. The van der Waals surface area contributed by atoms with Gasteiger partial charge in [0.15, 0.2) is 5.82 Å². The third-order valence-electron chi connectivity index (χ3n) is 2.92. The molecule has 0 aliphatic rings. The quantitative estimate of drug-likeness (QED) is 0.877. The van der Waals surface area contributed by atoms with Gasteiger partial charge in [0.25, 0.3) is 0 Å². The summed E-state index contributed by atoms with van der Waals surface area (Å²) >= 11 is 3.50. The Labute approximate surface area is 127 Å². The van der Waals surface area contributed by atoms with Gasteiger partial charge in [-0.2, -0.15) is 0 Å². The number of benzene rings is 1. The van der Waals surface area contributed by atoms with Gasteiger partial charge in [0, 0.05) is 28.5 Å². The highest BCUT2D eigenvalue weighted by molar-refractivity contribution is 9.10. The van der Waals surface area contributed by atoms with Crippen molar-refractivity contribution in [3.8, 4) is 5.75 Å². The van der Waals surface area contributed by atoms with E-state index in [9.17, 15) is 0 Å². The molecule has 2 aromatic rings. The van der Waals surface area contributed by atoms with Gasteiger partial charge < -0.3 is 10.1 Å². The highest BCUT2D eigenvalue weighted by Crippen LogP contribution is 2.29. The predicted octanol–water partition coefficient (Wildman–Crippen LogP) is 3.49. The molecular formula is C15H18BrN3O. The molecular weight excluding hydrogens is 318 g/mol. The number of ether oxygens (including phenoxy) is 1. The lowest BCUT2D eigenvalue weighted by Crippen LogP contribution is -2.18. The summed E-state index contributed by atoms with van der Waals surface area (Å²) in [5.74, 6) is 1.53. The summed E-state index contributed by atoms with van der Waals surface area (Å²) in [5.41, 5.74) is 1.12. The first-order chi connectivity index (χ1) is 9.70. The molecule has 106 valence electrons. The first-order valence-electron chi connectivity index (χ1n) is 6.62. The van der Waals surface area contributed by atoms with Crippen molar-refractivity contribution in [2.24, 2.45) is 0 Å². The highest BCUT2D eigenvalue weighted by atomic mass is 79.9. The van der Waals surface area contributed by atoms with Crippen LogP contribution in [0.3, 0.4) is 0 Å². The van der Waals surface area contributed by atoms with Crippen LogP contribution in [0.4, 0.5) is 0 Å². The van der Waals surface area contributed by atoms with Gasteiger partial charge in [-0.15, -0.1) is 0 Å². The van der Waals surface area contributed by atoms with Crippen molar-refractivity contribution in [3.05, 3.63) is 52.5 Å². The van der Waals surface area contributed by atoms with Crippen LogP contribution in [0, 0.1) is 0 Å². The average Bonchev–Trinajstić information content (AvgIpc) is 2.47. The Morgan fingerprint density at radius 3 is 2.75 bits per heavy atom. The van der Waals surface area contributed by atoms with E-state index < -0.39 is 0 Å². The van der Waals surface area contributed by atoms with Crippen molar-refractivity contribution in [1.29, 1.82) is 0 Å². The van der Waals surface area contributed by atoms with Gasteiger partial charge in [-0.25, -0.2) is 9.97 Å². The molecule has 4 nitrogen and oxygen atoms in total. The van der Waals surface area contributed by atoms with Crippen LogP contribution in [0.5, 0.6) is 5.75 Å². The molecule has 1 unspecified atom stereocenters. The van der Waals surface area contributed by atoms with Crippen molar-refractivity contribution in [2.75, 3.05) is 6.54 Å². The van der Waals surface area contributed by atoms with E-state index in [4.69, 9.17) is 4.74 Å². The second-order valence-corrected chi connectivity index (χ2v) is 5.33. The zero-order valence-electron chi connectivity index (χ0n) is 11.6. The first-order valence-corrected chi connectivity index (χ1v) is 7.41. The molecule has 0 amide bonds. The maximum Gasteiger partial charge on any atom is 0.166 e. The van der Waals surface area contributed by atoms with E-state index >= 15 is 0 Å². The first kappa shape index (κ1) is 14.9. The molecule has 0 bridgehead atoms. The number of nitrogens with zero attached hydrogens (tertiary/aromatic N) is 2. The predicted molar refractivity (Wildman–Crippen MR) is 82.6 cm³/mol. The monoisotopic (exact) mass is 335 g/mol. The zero-order valence-corrected chi connectivity index (χ0v) is 13.2. The number of rotatable bonds is 6. The summed E-state index contributed by atoms with van der Waals surface area (Å²) in [4.78, 5) is 8.32. The molecule has 0 spiro atoms. The number of hydrogen-bond acceptors (Lipinski definition) is 4. The number of halogens is 1. The zero-order chi connectivity index (χ0) is 14.4. The average molecular weight is 336 g/mol. The van der Waals surface area contributed by atoms with Crippen molar-refractivity contribution in [2.45, 2.75) is 26.5 Å². The smallest absolute Gasteiger partial charge is 0.166 e. The van der Waals surface area contributed by atoms with Crippen LogP contribution in [0.15, 0.2) is 41.1 Å². The minimum absolute atomic E-state index is 0.226. The van der Waals surface area contributed by atoms with Crippen LogP contribution in [0.1, 0.15) is 31.3 Å². The largest absolute Gasteiger partial charge is 0.485 e. The van der Waals surface area contributed by atoms with E-state index in [1.54, 1.807) is 18.5 Å². The van der Waals surface area contributed by atoms with Gasteiger partial charge in [0.05, 0.1) is 0 Å². The SMILES string of the molecule is CCNC(C)c1cc(Br)ccc1OCc1ncccn1. The minimum atomic E-state index is 0.226. The molecule has 0 radical (unpaired) electrons. The minimum Gasteiger partial charge on any atom is -0.485 e. The van der Waals surface area contributed by atoms with Gasteiger partial charge in [0.2, 0.25) is 0 Å². The van der Waals surface area contributed by atoms with Crippen LogP contribution in [0.25, 0.3) is 0 Å². The maximum atomic E-state index is 5.86. The maximum absolute atomic E-state index is 5.86. The van der Waals surface area contributed by atoms with Crippen LogP contribution in [-0.4, -0.2) is 16.5 Å². The topological polar surface area (TPSA) is 47.0 Å². The molecule has 1 aromatic heterocycles. The molecule has 0 fully saturated rings. The van der Waals surface area contributed by atoms with E-state index in [-0.39, 0.29) is 6.04 Å². The van der Waals surface area contributed by atoms with Gasteiger partial charge >= 0.3 is 0 Å². The fourth-order valence-electron chi connectivity index (χ4n) is 1.95. The van der Waals surface area contributed by atoms with Crippen molar-refractivity contribution < 1.29 is 4.74 Å². The summed E-state index contributed by atoms with van der Waals surface area (Å²) in [6, 6.07) is 8.04. The van der Waals surface area contributed by atoms with E-state index in [1.807, 2.05) is 12.1 Å². The molecule has 1 N–H and O–H groups in total. The van der Waals surface area contributed by atoms with Crippen LogP contribution < -0.4 is 10.1 Å². The molecule has 2 rings (SSSR count). The Balaban J connectivity index is 2.14. The van der Waals surface area contributed by atoms with E-state index in [1.165, 1.54) is 0 Å². The fraction of sp³-hybridized carbons (Fsp3) is 0.333. The summed E-state index contributed by atoms with van der Waals surface area (Å²) < 4.78 is 6.90. The Morgan fingerprint density at radius 2 is 2.05 bits per heavy atom. The fourth-order valence-corrected chi connectivity index (χ4v) is 2.33. The molecule has 5 heteroatoms. The van der Waals surface area contributed by atoms with Crippen LogP contribution in [-0.2, 0) is 6.61 Å². The molecule has 0 saturated heterocycles. The Morgan fingerprint density at radius 1 is 1.30 bits per heavy atom.